The molecule has 1 saturated heterocycles. The van der Waals surface area contributed by atoms with Crippen LogP contribution in [-0.2, 0) is 0 Å². The number of urea groups is 2. The summed E-state index contributed by atoms with van der Waals surface area (Å²) in [5.41, 5.74) is 0.818. The Bertz CT molecular complexity index is 542. The summed E-state index contributed by atoms with van der Waals surface area (Å²) < 4.78 is 0. The van der Waals surface area contributed by atoms with Crippen LogP contribution in [0.4, 0.5) is 15.3 Å². The van der Waals surface area contributed by atoms with E-state index < -0.39 is 0 Å². The van der Waals surface area contributed by atoms with Crippen LogP contribution in [0.3, 0.4) is 0 Å². The van der Waals surface area contributed by atoms with E-state index in [4.69, 9.17) is 0 Å². The highest BCUT2D eigenvalue weighted by atomic mass is 16.2. The van der Waals surface area contributed by atoms with E-state index >= 15 is 0 Å². The molecule has 1 aromatic carbocycles. The molecule has 0 aliphatic carbocycles. The number of carbonyl (C=O) groups excluding carboxylic acids is 2. The summed E-state index contributed by atoms with van der Waals surface area (Å²) in [4.78, 5) is 27.9. The second-order valence-electron chi connectivity index (χ2n) is 6.69. The van der Waals surface area contributed by atoms with Gasteiger partial charge in [0.1, 0.15) is 0 Å². The molecule has 0 spiro atoms. The number of hydrogen-bond donors (Lipinski definition) is 2. The van der Waals surface area contributed by atoms with Crippen molar-refractivity contribution in [1.29, 1.82) is 0 Å². The Kier molecular flexibility index (Phi) is 7.57. The Morgan fingerprint density at radius 2 is 1.88 bits per heavy atom. The van der Waals surface area contributed by atoms with Gasteiger partial charge in [0.2, 0.25) is 0 Å². The fraction of sp³-hybridized carbons (Fsp3) is 0.579. The van der Waals surface area contributed by atoms with Gasteiger partial charge in [0.25, 0.3) is 0 Å². The fourth-order valence-corrected chi connectivity index (χ4v) is 3.02. The van der Waals surface area contributed by atoms with Crippen LogP contribution in [0.5, 0.6) is 0 Å². The van der Waals surface area contributed by atoms with Crippen molar-refractivity contribution >= 4 is 17.7 Å². The monoisotopic (exact) mass is 346 g/mol. The van der Waals surface area contributed by atoms with E-state index in [0.717, 1.165) is 57.5 Å². The van der Waals surface area contributed by atoms with Gasteiger partial charge in [-0.1, -0.05) is 31.5 Å². The molecule has 1 fully saturated rings. The summed E-state index contributed by atoms with van der Waals surface area (Å²) in [5, 5.41) is 5.87. The summed E-state index contributed by atoms with van der Waals surface area (Å²) >= 11 is 0. The van der Waals surface area contributed by atoms with Crippen molar-refractivity contribution in [1.82, 2.24) is 15.1 Å². The van der Waals surface area contributed by atoms with Crippen molar-refractivity contribution < 1.29 is 9.59 Å². The van der Waals surface area contributed by atoms with Crippen LogP contribution in [0.25, 0.3) is 0 Å². The molecule has 0 aromatic heterocycles. The molecule has 25 heavy (non-hydrogen) atoms. The van der Waals surface area contributed by atoms with E-state index in [1.807, 2.05) is 42.3 Å². The first-order chi connectivity index (χ1) is 12.1. The molecule has 138 valence electrons. The SMILES string of the molecule is CCCCNC(=O)N(C)CC1CCN(C(=O)Nc2ccccc2)CC1. The standard InChI is InChI=1S/C19H30N4O2/c1-3-4-12-20-18(24)22(2)15-16-10-13-23(14-11-16)19(25)21-17-8-6-5-7-9-17/h5-9,16H,3-4,10-15H2,1-2H3,(H,20,24)(H,21,25). The number of carbonyl (C=O) groups is 2. The van der Waals surface area contributed by atoms with Gasteiger partial charge in [-0.15, -0.1) is 0 Å². The topological polar surface area (TPSA) is 64.7 Å². The first-order valence-electron chi connectivity index (χ1n) is 9.20. The van der Waals surface area contributed by atoms with Gasteiger partial charge in [-0.05, 0) is 37.3 Å². The number of hydrogen-bond acceptors (Lipinski definition) is 2. The molecule has 1 heterocycles. The van der Waals surface area contributed by atoms with Crippen molar-refractivity contribution in [2.24, 2.45) is 5.92 Å². The number of nitrogens with one attached hydrogen (secondary N) is 2. The van der Waals surface area contributed by atoms with Crippen molar-refractivity contribution in [2.45, 2.75) is 32.6 Å². The summed E-state index contributed by atoms with van der Waals surface area (Å²) in [6.45, 7) is 5.05. The van der Waals surface area contributed by atoms with Crippen LogP contribution < -0.4 is 10.6 Å². The second kappa shape index (κ2) is 9.91. The minimum Gasteiger partial charge on any atom is -0.338 e. The minimum atomic E-state index is -0.0460. The normalized spacial score (nSPS) is 14.9. The Balaban J connectivity index is 1.70. The molecule has 2 N–H and O–H groups in total. The highest BCUT2D eigenvalue weighted by Gasteiger charge is 2.24. The number of rotatable bonds is 6. The zero-order valence-corrected chi connectivity index (χ0v) is 15.3. The molecule has 0 saturated carbocycles. The van der Waals surface area contributed by atoms with Crippen molar-refractivity contribution in [3.8, 4) is 0 Å². The number of para-hydroxylation sites is 1. The zero-order valence-electron chi connectivity index (χ0n) is 15.3. The van der Waals surface area contributed by atoms with Crippen LogP contribution in [0, 0.1) is 5.92 Å². The van der Waals surface area contributed by atoms with Crippen molar-refractivity contribution in [2.75, 3.05) is 38.5 Å². The third-order valence-electron chi connectivity index (χ3n) is 4.61. The molecule has 0 bridgehead atoms. The molecule has 2 rings (SSSR count). The summed E-state index contributed by atoms with van der Waals surface area (Å²) in [6, 6.07) is 9.46. The zero-order chi connectivity index (χ0) is 18.1. The average Bonchev–Trinajstić information content (AvgIpc) is 2.63. The van der Waals surface area contributed by atoms with Gasteiger partial charge < -0.3 is 20.4 Å². The van der Waals surface area contributed by atoms with E-state index in [0.29, 0.717) is 5.92 Å². The van der Waals surface area contributed by atoms with Gasteiger partial charge in [0, 0.05) is 38.9 Å². The van der Waals surface area contributed by atoms with E-state index in [1.54, 1.807) is 4.90 Å². The lowest BCUT2D eigenvalue weighted by Gasteiger charge is -2.33. The Morgan fingerprint density at radius 1 is 1.20 bits per heavy atom. The number of likely N-dealkylation sites (tertiary alicyclic amines) is 1. The Hall–Kier alpha value is -2.24. The molecule has 0 radical (unpaired) electrons. The Labute approximate surface area is 150 Å². The molecule has 6 nitrogen and oxygen atoms in total. The smallest absolute Gasteiger partial charge is 0.321 e. The number of nitrogens with zero attached hydrogens (tertiary/aromatic N) is 2. The average molecular weight is 346 g/mol. The summed E-state index contributed by atoms with van der Waals surface area (Å²) in [6.07, 6.45) is 3.94. The van der Waals surface area contributed by atoms with Crippen LogP contribution in [-0.4, -0.2) is 55.1 Å². The minimum absolute atomic E-state index is 0.00213. The highest BCUT2D eigenvalue weighted by Crippen LogP contribution is 2.19. The number of amides is 4. The van der Waals surface area contributed by atoms with Gasteiger partial charge in [-0.3, -0.25) is 0 Å². The molecular formula is C19H30N4O2. The Morgan fingerprint density at radius 3 is 2.52 bits per heavy atom. The quantitative estimate of drug-likeness (QED) is 0.776. The van der Waals surface area contributed by atoms with Gasteiger partial charge in [0.05, 0.1) is 0 Å². The van der Waals surface area contributed by atoms with Crippen LogP contribution in [0.2, 0.25) is 0 Å². The highest BCUT2D eigenvalue weighted by molar-refractivity contribution is 5.89. The maximum atomic E-state index is 12.3. The number of benzene rings is 1. The van der Waals surface area contributed by atoms with Crippen LogP contribution >= 0.6 is 0 Å². The van der Waals surface area contributed by atoms with Gasteiger partial charge in [-0.2, -0.15) is 0 Å². The predicted molar refractivity (Wildman–Crippen MR) is 101 cm³/mol. The molecule has 0 atom stereocenters. The predicted octanol–water partition coefficient (Wildman–Crippen LogP) is 3.37. The van der Waals surface area contributed by atoms with Gasteiger partial charge in [-0.25, -0.2) is 9.59 Å². The maximum absolute atomic E-state index is 12.3. The number of piperidine rings is 1. The maximum Gasteiger partial charge on any atom is 0.321 e. The molecule has 1 aromatic rings. The molecule has 1 aliphatic heterocycles. The van der Waals surface area contributed by atoms with E-state index in [2.05, 4.69) is 17.6 Å². The largest absolute Gasteiger partial charge is 0.338 e. The van der Waals surface area contributed by atoms with Crippen LogP contribution in [0.1, 0.15) is 32.6 Å². The lowest BCUT2D eigenvalue weighted by Crippen LogP contribution is -2.45. The van der Waals surface area contributed by atoms with Crippen molar-refractivity contribution in [3.63, 3.8) is 0 Å². The molecule has 4 amide bonds. The number of unbranched alkanes of at least 4 members (excludes halogenated alkanes) is 1. The first kappa shape index (κ1) is 19.1. The van der Waals surface area contributed by atoms with E-state index in [-0.39, 0.29) is 12.1 Å². The summed E-state index contributed by atoms with van der Waals surface area (Å²) in [7, 11) is 1.84. The molecule has 1 aliphatic rings. The van der Waals surface area contributed by atoms with Gasteiger partial charge in [0.15, 0.2) is 0 Å². The van der Waals surface area contributed by atoms with Crippen LogP contribution in [0.15, 0.2) is 30.3 Å². The molecular weight excluding hydrogens is 316 g/mol. The van der Waals surface area contributed by atoms with E-state index in [9.17, 15) is 9.59 Å². The fourth-order valence-electron chi connectivity index (χ4n) is 3.02. The van der Waals surface area contributed by atoms with E-state index in [1.165, 1.54) is 0 Å². The summed E-state index contributed by atoms with van der Waals surface area (Å²) in [5.74, 6) is 0.447. The molecule has 6 heteroatoms. The third-order valence-corrected chi connectivity index (χ3v) is 4.61. The number of anilines is 1. The third kappa shape index (κ3) is 6.29. The first-order valence-corrected chi connectivity index (χ1v) is 9.20. The van der Waals surface area contributed by atoms with Crippen molar-refractivity contribution in [3.05, 3.63) is 30.3 Å². The second-order valence-corrected chi connectivity index (χ2v) is 6.69. The lowest BCUT2D eigenvalue weighted by atomic mass is 9.96. The molecule has 0 unspecified atom stereocenters. The lowest BCUT2D eigenvalue weighted by molar-refractivity contribution is 0.161. The van der Waals surface area contributed by atoms with Gasteiger partial charge >= 0.3 is 12.1 Å².